The minimum absolute atomic E-state index is 0.0656. The van der Waals surface area contributed by atoms with Crippen LogP contribution >= 0.6 is 11.6 Å². The monoisotopic (exact) mass is 489 g/mol. The number of alkyl halides is 3. The maximum atomic E-state index is 13.3. The number of halogens is 4. The van der Waals surface area contributed by atoms with Crippen LogP contribution in [0.15, 0.2) is 54.7 Å². The van der Waals surface area contributed by atoms with Gasteiger partial charge in [-0.1, -0.05) is 48.0 Å². The number of nitrogens with two attached hydrogens (primary N) is 1. The quantitative estimate of drug-likeness (QED) is 0.416. The van der Waals surface area contributed by atoms with Crippen LogP contribution in [-0.2, 0) is 12.1 Å². The van der Waals surface area contributed by atoms with Crippen LogP contribution in [-0.4, -0.2) is 37.2 Å². The van der Waals surface area contributed by atoms with Gasteiger partial charge in [-0.15, -0.1) is 5.10 Å². The van der Waals surface area contributed by atoms with Crippen molar-refractivity contribution in [3.05, 3.63) is 76.7 Å². The largest absolute Gasteiger partial charge is 0.423 e. The zero-order chi connectivity index (χ0) is 24.7. The zero-order valence-corrected chi connectivity index (χ0v) is 18.6. The number of hydrogen-bond donors (Lipinski definition) is 2. The molecule has 0 aliphatic heterocycles. The van der Waals surface area contributed by atoms with Gasteiger partial charge in [0.05, 0.1) is 18.3 Å². The van der Waals surface area contributed by atoms with Crippen LogP contribution < -0.4 is 5.73 Å². The first-order chi connectivity index (χ1) is 16.0. The Balaban J connectivity index is 1.73. The van der Waals surface area contributed by atoms with Crippen LogP contribution in [0, 0.1) is 0 Å². The lowest BCUT2D eigenvalue weighted by Gasteiger charge is -2.26. The number of benzene rings is 2. The summed E-state index contributed by atoms with van der Waals surface area (Å²) < 4.78 is 41.2. The standard InChI is InChI=1S/C23H19ClF3N5O2/c1-2-22(34,23(25,26)27)20-12-32(31-30-20)11-13-3-8-16-17(14-4-6-15(24)7-5-14)10-19(21(28)33)29-18(16)9-13/h3-10,12,34H,2,11H2,1H3,(H2,28,33). The predicted octanol–water partition coefficient (Wildman–Crippen LogP) is 4.45. The molecule has 1 atom stereocenters. The molecule has 176 valence electrons. The smallest absolute Gasteiger partial charge is 0.375 e. The summed E-state index contributed by atoms with van der Waals surface area (Å²) in [5.74, 6) is -0.700. The fourth-order valence-corrected chi connectivity index (χ4v) is 3.77. The van der Waals surface area contributed by atoms with Gasteiger partial charge in [-0.25, -0.2) is 9.67 Å². The molecule has 3 N–H and O–H groups in total. The number of fused-ring (bicyclic) bond motifs is 1. The van der Waals surface area contributed by atoms with E-state index in [0.29, 0.717) is 16.1 Å². The van der Waals surface area contributed by atoms with Gasteiger partial charge in [-0.05, 0) is 47.4 Å². The molecule has 0 spiro atoms. The summed E-state index contributed by atoms with van der Waals surface area (Å²) in [6.07, 6.45) is -4.43. The number of aliphatic hydroxyl groups is 1. The molecular formula is C23H19ClF3N5O2. The number of pyridine rings is 1. The van der Waals surface area contributed by atoms with Crippen LogP contribution in [0.1, 0.15) is 35.1 Å². The Morgan fingerprint density at radius 1 is 1.15 bits per heavy atom. The molecule has 0 fully saturated rings. The Morgan fingerprint density at radius 2 is 1.85 bits per heavy atom. The summed E-state index contributed by atoms with van der Waals surface area (Å²) in [5.41, 5.74) is 4.52. The zero-order valence-electron chi connectivity index (χ0n) is 17.8. The fourth-order valence-electron chi connectivity index (χ4n) is 3.65. The van der Waals surface area contributed by atoms with E-state index in [1.54, 1.807) is 36.4 Å². The molecule has 1 unspecified atom stereocenters. The lowest BCUT2D eigenvalue weighted by molar-refractivity contribution is -0.269. The second kappa shape index (κ2) is 8.69. The predicted molar refractivity (Wildman–Crippen MR) is 120 cm³/mol. The van der Waals surface area contributed by atoms with E-state index in [9.17, 15) is 23.1 Å². The highest BCUT2D eigenvalue weighted by Gasteiger charge is 2.55. The minimum Gasteiger partial charge on any atom is -0.375 e. The van der Waals surface area contributed by atoms with Crippen molar-refractivity contribution < 1.29 is 23.1 Å². The van der Waals surface area contributed by atoms with Crippen molar-refractivity contribution >= 4 is 28.4 Å². The highest BCUT2D eigenvalue weighted by Crippen LogP contribution is 2.40. The van der Waals surface area contributed by atoms with Gasteiger partial charge < -0.3 is 10.8 Å². The van der Waals surface area contributed by atoms with Crippen molar-refractivity contribution in [3.8, 4) is 11.1 Å². The van der Waals surface area contributed by atoms with E-state index in [1.807, 2.05) is 12.1 Å². The van der Waals surface area contributed by atoms with Gasteiger partial charge >= 0.3 is 6.18 Å². The molecule has 0 radical (unpaired) electrons. The van der Waals surface area contributed by atoms with E-state index < -0.39 is 29.8 Å². The molecule has 1 amide bonds. The second-order valence-corrected chi connectivity index (χ2v) is 8.23. The second-order valence-electron chi connectivity index (χ2n) is 7.79. The number of carbonyl (C=O) groups is 1. The Bertz CT molecular complexity index is 1370. The number of amides is 1. The molecule has 0 bridgehead atoms. The molecule has 4 aromatic rings. The van der Waals surface area contributed by atoms with E-state index in [2.05, 4.69) is 15.3 Å². The summed E-state index contributed by atoms with van der Waals surface area (Å²) in [5, 5.41) is 18.7. The van der Waals surface area contributed by atoms with Crippen LogP contribution in [0.5, 0.6) is 0 Å². The number of carbonyl (C=O) groups excluding carboxylic acids is 1. The minimum atomic E-state index is -4.89. The van der Waals surface area contributed by atoms with Gasteiger partial charge in [0.15, 0.2) is 0 Å². The first kappa shape index (κ1) is 23.7. The maximum absolute atomic E-state index is 13.3. The molecule has 4 rings (SSSR count). The van der Waals surface area contributed by atoms with Crippen molar-refractivity contribution in [1.82, 2.24) is 20.0 Å². The van der Waals surface area contributed by atoms with Crippen LogP contribution in [0.3, 0.4) is 0 Å². The first-order valence-corrected chi connectivity index (χ1v) is 10.6. The SMILES string of the molecule is CCC(O)(c1cn(Cc2ccc3c(-c4ccc(Cl)cc4)cc(C(N)=O)nc3c2)nn1)C(F)(F)F. The molecular weight excluding hydrogens is 471 g/mol. The van der Waals surface area contributed by atoms with Crippen molar-refractivity contribution in [3.63, 3.8) is 0 Å². The molecule has 34 heavy (non-hydrogen) atoms. The van der Waals surface area contributed by atoms with Gasteiger partial charge in [-0.3, -0.25) is 4.79 Å². The van der Waals surface area contributed by atoms with Crippen molar-refractivity contribution in [2.24, 2.45) is 5.73 Å². The average molecular weight is 490 g/mol. The third kappa shape index (κ3) is 4.34. The molecule has 0 saturated heterocycles. The van der Waals surface area contributed by atoms with Crippen molar-refractivity contribution in [2.45, 2.75) is 31.7 Å². The summed E-state index contributed by atoms with van der Waals surface area (Å²) in [7, 11) is 0. The third-order valence-electron chi connectivity index (χ3n) is 5.57. The Labute approximate surface area is 197 Å². The molecule has 11 heteroatoms. The van der Waals surface area contributed by atoms with Gasteiger partial charge in [0.25, 0.3) is 5.91 Å². The molecule has 0 aliphatic carbocycles. The summed E-state index contributed by atoms with van der Waals surface area (Å²) >= 11 is 5.98. The maximum Gasteiger partial charge on any atom is 0.423 e. The lowest BCUT2D eigenvalue weighted by Crippen LogP contribution is -2.42. The molecule has 7 nitrogen and oxygen atoms in total. The Morgan fingerprint density at radius 3 is 2.47 bits per heavy atom. The average Bonchev–Trinajstić information content (AvgIpc) is 3.26. The number of rotatable bonds is 6. The molecule has 0 aliphatic rings. The highest BCUT2D eigenvalue weighted by atomic mass is 35.5. The van der Waals surface area contributed by atoms with Crippen LogP contribution in [0.25, 0.3) is 22.0 Å². The van der Waals surface area contributed by atoms with Gasteiger partial charge in [-0.2, -0.15) is 13.2 Å². The molecule has 2 aromatic heterocycles. The van der Waals surface area contributed by atoms with Crippen molar-refractivity contribution in [2.75, 3.05) is 0 Å². The summed E-state index contributed by atoms with van der Waals surface area (Å²) in [6, 6.07) is 13.9. The summed E-state index contributed by atoms with van der Waals surface area (Å²) in [6.45, 7) is 1.29. The lowest BCUT2D eigenvalue weighted by atomic mass is 9.96. The van der Waals surface area contributed by atoms with Crippen molar-refractivity contribution in [1.29, 1.82) is 0 Å². The fraction of sp³-hybridized carbons (Fsp3) is 0.217. The topological polar surface area (TPSA) is 107 Å². The van der Waals surface area contributed by atoms with E-state index in [0.717, 1.165) is 22.7 Å². The number of nitrogens with zero attached hydrogens (tertiary/aromatic N) is 4. The van der Waals surface area contributed by atoms with E-state index in [-0.39, 0.29) is 12.2 Å². The van der Waals surface area contributed by atoms with Gasteiger partial charge in [0.1, 0.15) is 11.4 Å². The van der Waals surface area contributed by atoms with Crippen LogP contribution in [0.4, 0.5) is 13.2 Å². The highest BCUT2D eigenvalue weighted by molar-refractivity contribution is 6.30. The van der Waals surface area contributed by atoms with E-state index >= 15 is 0 Å². The molecule has 2 aromatic carbocycles. The number of primary amides is 1. The number of aromatic nitrogens is 4. The molecule has 2 heterocycles. The molecule has 0 saturated carbocycles. The normalized spacial score (nSPS) is 13.7. The van der Waals surface area contributed by atoms with Gasteiger partial charge in [0, 0.05) is 10.4 Å². The Hall–Kier alpha value is -3.50. The Kier molecular flexibility index (Phi) is 6.05. The summed E-state index contributed by atoms with van der Waals surface area (Å²) in [4.78, 5) is 16.2. The van der Waals surface area contributed by atoms with Gasteiger partial charge in [0.2, 0.25) is 5.60 Å². The third-order valence-corrected chi connectivity index (χ3v) is 5.82. The number of hydrogen-bond acceptors (Lipinski definition) is 5. The first-order valence-electron chi connectivity index (χ1n) is 10.2. The van der Waals surface area contributed by atoms with E-state index in [4.69, 9.17) is 17.3 Å². The van der Waals surface area contributed by atoms with Crippen LogP contribution in [0.2, 0.25) is 5.02 Å². The van der Waals surface area contributed by atoms with E-state index in [1.165, 1.54) is 11.6 Å².